The van der Waals surface area contributed by atoms with E-state index < -0.39 is 5.60 Å². The third-order valence-electron chi connectivity index (χ3n) is 4.09. The van der Waals surface area contributed by atoms with E-state index in [2.05, 4.69) is 20.7 Å². The molecular formula is C19H28ClN5O. The van der Waals surface area contributed by atoms with Gasteiger partial charge < -0.3 is 15.7 Å². The molecule has 1 atom stereocenters. The minimum atomic E-state index is -1.06. The number of nitrogens with one attached hydrogen (secondary N) is 2. The lowest BCUT2D eigenvalue weighted by Gasteiger charge is -2.20. The quantitative estimate of drug-likeness (QED) is 0.375. The van der Waals surface area contributed by atoms with Crippen molar-refractivity contribution in [2.45, 2.75) is 32.3 Å². The first-order valence-corrected chi connectivity index (χ1v) is 9.27. The van der Waals surface area contributed by atoms with Gasteiger partial charge in [-0.15, -0.1) is 0 Å². The van der Waals surface area contributed by atoms with Crippen LogP contribution in [0, 0.1) is 0 Å². The SMILES string of the molecule is CCNC(=NCC(C)(O)c1cnn(C)c1)NCCCc1ccccc1Cl. The van der Waals surface area contributed by atoms with E-state index in [1.165, 1.54) is 0 Å². The van der Waals surface area contributed by atoms with Crippen molar-refractivity contribution in [2.24, 2.45) is 12.0 Å². The molecule has 3 N–H and O–H groups in total. The van der Waals surface area contributed by atoms with Crippen LogP contribution < -0.4 is 10.6 Å². The Labute approximate surface area is 160 Å². The molecule has 0 saturated heterocycles. The molecule has 1 unspecified atom stereocenters. The fourth-order valence-electron chi connectivity index (χ4n) is 2.55. The first kappa shape index (κ1) is 20.3. The van der Waals surface area contributed by atoms with Gasteiger partial charge in [-0.05, 0) is 38.3 Å². The second-order valence-electron chi connectivity index (χ2n) is 6.49. The zero-order valence-corrected chi connectivity index (χ0v) is 16.4. The van der Waals surface area contributed by atoms with Gasteiger partial charge in [0.2, 0.25) is 0 Å². The van der Waals surface area contributed by atoms with Gasteiger partial charge >= 0.3 is 0 Å². The molecule has 26 heavy (non-hydrogen) atoms. The number of guanidine groups is 1. The van der Waals surface area contributed by atoms with Crippen LogP contribution in [-0.2, 0) is 19.1 Å². The molecule has 0 aliphatic carbocycles. The Kier molecular flexibility index (Phi) is 7.48. The normalized spacial score (nSPS) is 14.1. The zero-order chi connectivity index (χ0) is 19.0. The van der Waals surface area contributed by atoms with Gasteiger partial charge in [0.05, 0.1) is 12.7 Å². The minimum Gasteiger partial charge on any atom is -0.383 e. The Morgan fingerprint density at radius 3 is 2.77 bits per heavy atom. The number of aromatic nitrogens is 2. The highest BCUT2D eigenvalue weighted by Crippen LogP contribution is 2.20. The number of aryl methyl sites for hydroxylation is 2. The van der Waals surface area contributed by atoms with Gasteiger partial charge in [0, 0.05) is 36.9 Å². The maximum absolute atomic E-state index is 10.6. The van der Waals surface area contributed by atoms with Crippen LogP contribution in [0.3, 0.4) is 0 Å². The lowest BCUT2D eigenvalue weighted by Crippen LogP contribution is -2.39. The van der Waals surface area contributed by atoms with Crippen molar-refractivity contribution in [1.29, 1.82) is 0 Å². The Morgan fingerprint density at radius 2 is 2.12 bits per heavy atom. The molecule has 142 valence electrons. The molecule has 0 aliphatic heterocycles. The number of nitrogens with zero attached hydrogens (tertiary/aromatic N) is 3. The third-order valence-corrected chi connectivity index (χ3v) is 4.46. The maximum Gasteiger partial charge on any atom is 0.191 e. The predicted molar refractivity (Wildman–Crippen MR) is 107 cm³/mol. The number of rotatable bonds is 8. The van der Waals surface area contributed by atoms with E-state index in [4.69, 9.17) is 11.6 Å². The summed E-state index contributed by atoms with van der Waals surface area (Å²) in [6.07, 6.45) is 5.31. The summed E-state index contributed by atoms with van der Waals surface area (Å²) in [5.41, 5.74) is 0.837. The summed E-state index contributed by atoms with van der Waals surface area (Å²) in [5, 5.41) is 22.1. The standard InChI is InChI=1S/C19H28ClN5O/c1-4-21-18(22-11-7-9-15-8-5-6-10-17(15)20)23-14-19(2,26)16-12-24-25(3)13-16/h5-6,8,10,12-13,26H,4,7,9,11,14H2,1-3H3,(H2,21,22,23). The predicted octanol–water partition coefficient (Wildman–Crippen LogP) is 2.47. The fraction of sp³-hybridized carbons (Fsp3) is 0.474. The summed E-state index contributed by atoms with van der Waals surface area (Å²) in [6.45, 7) is 5.53. The molecule has 0 radical (unpaired) electrons. The van der Waals surface area contributed by atoms with E-state index in [-0.39, 0.29) is 6.54 Å². The molecule has 1 aromatic heterocycles. The number of aliphatic imine (C=N–C) groups is 1. The Balaban J connectivity index is 1.87. The van der Waals surface area contributed by atoms with Crippen molar-refractivity contribution in [2.75, 3.05) is 19.6 Å². The van der Waals surface area contributed by atoms with Crippen LogP contribution >= 0.6 is 11.6 Å². The molecule has 0 fully saturated rings. The average molecular weight is 378 g/mol. The van der Waals surface area contributed by atoms with E-state index >= 15 is 0 Å². The summed E-state index contributed by atoms with van der Waals surface area (Å²) in [5.74, 6) is 0.691. The highest BCUT2D eigenvalue weighted by molar-refractivity contribution is 6.31. The van der Waals surface area contributed by atoms with Crippen molar-refractivity contribution in [3.63, 3.8) is 0 Å². The molecular weight excluding hydrogens is 350 g/mol. The van der Waals surface area contributed by atoms with Gasteiger partial charge in [0.1, 0.15) is 5.60 Å². The van der Waals surface area contributed by atoms with Crippen molar-refractivity contribution >= 4 is 17.6 Å². The first-order valence-electron chi connectivity index (χ1n) is 8.89. The Bertz CT molecular complexity index is 726. The van der Waals surface area contributed by atoms with Crippen molar-refractivity contribution in [3.8, 4) is 0 Å². The smallest absolute Gasteiger partial charge is 0.191 e. The van der Waals surface area contributed by atoms with Gasteiger partial charge in [0.25, 0.3) is 0 Å². The van der Waals surface area contributed by atoms with E-state index in [9.17, 15) is 5.11 Å². The van der Waals surface area contributed by atoms with Gasteiger partial charge in [-0.1, -0.05) is 29.8 Å². The van der Waals surface area contributed by atoms with E-state index in [1.54, 1.807) is 24.0 Å². The maximum atomic E-state index is 10.6. The van der Waals surface area contributed by atoms with Crippen LogP contribution in [0.5, 0.6) is 0 Å². The van der Waals surface area contributed by atoms with Gasteiger partial charge in [-0.25, -0.2) is 4.99 Å². The molecule has 0 saturated carbocycles. The highest BCUT2D eigenvalue weighted by Gasteiger charge is 2.24. The number of hydrogen-bond acceptors (Lipinski definition) is 3. The monoisotopic (exact) mass is 377 g/mol. The van der Waals surface area contributed by atoms with Crippen LogP contribution in [0.1, 0.15) is 31.4 Å². The van der Waals surface area contributed by atoms with Crippen molar-refractivity contribution in [1.82, 2.24) is 20.4 Å². The third kappa shape index (κ3) is 6.04. The molecule has 0 amide bonds. The van der Waals surface area contributed by atoms with Crippen LogP contribution in [-0.4, -0.2) is 40.5 Å². The van der Waals surface area contributed by atoms with Gasteiger partial charge in [-0.3, -0.25) is 4.68 Å². The van der Waals surface area contributed by atoms with Crippen LogP contribution in [0.15, 0.2) is 41.7 Å². The largest absolute Gasteiger partial charge is 0.383 e. The summed E-state index contributed by atoms with van der Waals surface area (Å²) < 4.78 is 1.67. The lowest BCUT2D eigenvalue weighted by molar-refractivity contribution is 0.0672. The summed E-state index contributed by atoms with van der Waals surface area (Å²) in [7, 11) is 1.83. The zero-order valence-electron chi connectivity index (χ0n) is 15.7. The van der Waals surface area contributed by atoms with E-state index in [1.807, 2.05) is 38.2 Å². The van der Waals surface area contributed by atoms with Gasteiger partial charge in [-0.2, -0.15) is 5.10 Å². The Morgan fingerprint density at radius 1 is 1.35 bits per heavy atom. The second kappa shape index (κ2) is 9.59. The summed E-state index contributed by atoms with van der Waals surface area (Å²) in [4.78, 5) is 4.51. The van der Waals surface area contributed by atoms with E-state index in [0.717, 1.165) is 42.1 Å². The number of halogens is 1. The van der Waals surface area contributed by atoms with Crippen LogP contribution in [0.2, 0.25) is 5.02 Å². The topological polar surface area (TPSA) is 74.5 Å². The molecule has 1 heterocycles. The van der Waals surface area contributed by atoms with Crippen molar-refractivity contribution in [3.05, 3.63) is 52.8 Å². The number of hydrogen-bond donors (Lipinski definition) is 3. The van der Waals surface area contributed by atoms with Gasteiger partial charge in [0.15, 0.2) is 5.96 Å². The molecule has 1 aromatic carbocycles. The molecule has 2 rings (SSSR count). The van der Waals surface area contributed by atoms with E-state index in [0.29, 0.717) is 5.96 Å². The van der Waals surface area contributed by atoms with Crippen LogP contribution in [0.4, 0.5) is 0 Å². The molecule has 0 spiro atoms. The molecule has 0 bridgehead atoms. The average Bonchev–Trinajstić information content (AvgIpc) is 3.05. The number of benzene rings is 1. The lowest BCUT2D eigenvalue weighted by atomic mass is 10.0. The molecule has 6 nitrogen and oxygen atoms in total. The fourth-order valence-corrected chi connectivity index (χ4v) is 2.78. The highest BCUT2D eigenvalue weighted by atomic mass is 35.5. The Hall–Kier alpha value is -2.05. The molecule has 0 aliphatic rings. The molecule has 7 heteroatoms. The molecule has 2 aromatic rings. The summed E-state index contributed by atoms with van der Waals surface area (Å²) >= 11 is 6.18. The van der Waals surface area contributed by atoms with Crippen LogP contribution in [0.25, 0.3) is 0 Å². The minimum absolute atomic E-state index is 0.249. The second-order valence-corrected chi connectivity index (χ2v) is 6.90. The summed E-state index contributed by atoms with van der Waals surface area (Å²) in [6, 6.07) is 7.90. The van der Waals surface area contributed by atoms with Crippen molar-refractivity contribution < 1.29 is 5.11 Å². The number of aliphatic hydroxyl groups is 1. The first-order chi connectivity index (χ1) is 12.4.